The highest BCUT2D eigenvalue weighted by atomic mass is 16.7. The number of rotatable bonds is 9. The van der Waals surface area contributed by atoms with E-state index in [1.165, 1.54) is 17.6 Å². The van der Waals surface area contributed by atoms with E-state index in [1.807, 2.05) is 49.4 Å². The minimum Gasteiger partial charge on any atom is -0.466 e. The van der Waals surface area contributed by atoms with Crippen LogP contribution in [0.1, 0.15) is 49.8 Å². The van der Waals surface area contributed by atoms with Gasteiger partial charge in [-0.05, 0) is 55.0 Å². The predicted molar refractivity (Wildman–Crippen MR) is 142 cm³/mol. The second-order valence-electron chi connectivity index (χ2n) is 9.68. The molecule has 0 radical (unpaired) electrons. The van der Waals surface area contributed by atoms with E-state index in [9.17, 15) is 14.4 Å². The van der Waals surface area contributed by atoms with Gasteiger partial charge in [-0.25, -0.2) is 4.79 Å². The minimum atomic E-state index is -0.335. The molecule has 1 saturated heterocycles. The van der Waals surface area contributed by atoms with Gasteiger partial charge in [0.2, 0.25) is 5.91 Å². The van der Waals surface area contributed by atoms with Crippen molar-refractivity contribution in [1.29, 1.82) is 0 Å². The molecule has 4 rings (SSSR count). The molecule has 0 aromatic heterocycles. The number of piperidine rings is 1. The maximum absolute atomic E-state index is 12.5. The zero-order chi connectivity index (χ0) is 26.9. The van der Waals surface area contributed by atoms with Crippen molar-refractivity contribution in [3.8, 4) is 0 Å². The second kappa shape index (κ2) is 13.4. The largest absolute Gasteiger partial charge is 0.466 e. The fourth-order valence-corrected chi connectivity index (χ4v) is 4.82. The number of hydrogen-bond donors (Lipinski definition) is 0. The van der Waals surface area contributed by atoms with Gasteiger partial charge in [0.15, 0.2) is 0 Å². The number of anilines is 1. The fourth-order valence-electron chi connectivity index (χ4n) is 4.82. The molecule has 9 nitrogen and oxygen atoms in total. The standard InChI is InChI=1S/C29H37N3O6/c1-3-36-28(34)14-16-30-15-11-24-9-10-26(19-25(24)20-30)32(22(2)33)38-27-12-17-31(18-13-27)29(35)37-21-23-7-5-4-6-8-23/h4-10,19,27H,3,11-18,20-21H2,1-2H3. The number of esters is 1. The maximum atomic E-state index is 12.5. The van der Waals surface area contributed by atoms with Gasteiger partial charge in [0.25, 0.3) is 0 Å². The van der Waals surface area contributed by atoms with Crippen LogP contribution in [0.2, 0.25) is 0 Å². The predicted octanol–water partition coefficient (Wildman–Crippen LogP) is 4.08. The van der Waals surface area contributed by atoms with Crippen LogP contribution in [-0.4, -0.2) is 66.7 Å². The molecule has 2 aromatic carbocycles. The van der Waals surface area contributed by atoms with Crippen LogP contribution in [0.15, 0.2) is 48.5 Å². The molecule has 2 heterocycles. The van der Waals surface area contributed by atoms with Crippen molar-refractivity contribution in [2.75, 3.05) is 37.8 Å². The summed E-state index contributed by atoms with van der Waals surface area (Å²) >= 11 is 0. The first-order valence-corrected chi connectivity index (χ1v) is 13.4. The first-order valence-electron chi connectivity index (χ1n) is 13.4. The summed E-state index contributed by atoms with van der Waals surface area (Å²) in [5.41, 5.74) is 4.01. The van der Waals surface area contributed by atoms with Crippen LogP contribution in [-0.2, 0) is 43.5 Å². The summed E-state index contributed by atoms with van der Waals surface area (Å²) in [4.78, 5) is 46.8. The van der Waals surface area contributed by atoms with Crippen molar-refractivity contribution in [3.05, 3.63) is 65.2 Å². The third-order valence-electron chi connectivity index (χ3n) is 6.90. The van der Waals surface area contributed by atoms with Crippen LogP contribution in [0, 0.1) is 0 Å². The first-order chi connectivity index (χ1) is 18.4. The van der Waals surface area contributed by atoms with E-state index in [4.69, 9.17) is 14.3 Å². The lowest BCUT2D eigenvalue weighted by Gasteiger charge is -2.34. The Morgan fingerprint density at radius 1 is 0.974 bits per heavy atom. The van der Waals surface area contributed by atoms with Gasteiger partial charge < -0.3 is 14.4 Å². The summed E-state index contributed by atoms with van der Waals surface area (Å²) in [6, 6.07) is 15.6. The van der Waals surface area contributed by atoms with Crippen molar-refractivity contribution in [3.63, 3.8) is 0 Å². The van der Waals surface area contributed by atoms with E-state index in [-0.39, 0.29) is 30.7 Å². The Bertz CT molecular complexity index is 1100. The molecule has 9 heteroatoms. The lowest BCUT2D eigenvalue weighted by molar-refractivity contribution is -0.143. The summed E-state index contributed by atoms with van der Waals surface area (Å²) in [5, 5.41) is 1.37. The maximum Gasteiger partial charge on any atom is 0.410 e. The monoisotopic (exact) mass is 523 g/mol. The van der Waals surface area contributed by atoms with Crippen molar-refractivity contribution in [2.45, 2.75) is 58.8 Å². The lowest BCUT2D eigenvalue weighted by Crippen LogP contribution is -2.44. The quantitative estimate of drug-likeness (QED) is 0.361. The van der Waals surface area contributed by atoms with Gasteiger partial charge in [0.05, 0.1) is 24.8 Å². The third kappa shape index (κ3) is 7.55. The summed E-state index contributed by atoms with van der Waals surface area (Å²) < 4.78 is 10.5. The number of carbonyl (C=O) groups excluding carboxylic acids is 3. The molecule has 0 atom stereocenters. The van der Waals surface area contributed by atoms with Gasteiger partial charge in [-0.2, -0.15) is 5.06 Å². The van der Waals surface area contributed by atoms with Gasteiger partial charge in [0.1, 0.15) is 6.61 Å². The van der Waals surface area contributed by atoms with E-state index >= 15 is 0 Å². The molecular formula is C29H37N3O6. The number of carbonyl (C=O) groups is 3. The highest BCUT2D eigenvalue weighted by Gasteiger charge is 2.28. The summed E-state index contributed by atoms with van der Waals surface area (Å²) in [5.74, 6) is -0.386. The Morgan fingerprint density at radius 2 is 1.74 bits per heavy atom. The molecule has 0 unspecified atom stereocenters. The SMILES string of the molecule is CCOC(=O)CCN1CCc2ccc(N(OC3CCN(C(=O)OCc4ccccc4)CC3)C(C)=O)cc2C1. The Morgan fingerprint density at radius 3 is 2.45 bits per heavy atom. The molecule has 0 saturated carbocycles. The van der Waals surface area contributed by atoms with E-state index < -0.39 is 0 Å². The van der Waals surface area contributed by atoms with E-state index in [1.54, 1.807) is 4.90 Å². The molecule has 2 aliphatic heterocycles. The normalized spacial score (nSPS) is 16.0. The molecule has 38 heavy (non-hydrogen) atoms. The van der Waals surface area contributed by atoms with Crippen molar-refractivity contribution < 1.29 is 28.7 Å². The molecule has 2 aromatic rings. The molecule has 204 valence electrons. The fraction of sp³-hybridized carbons (Fsp3) is 0.483. The smallest absolute Gasteiger partial charge is 0.410 e. The van der Waals surface area contributed by atoms with Gasteiger partial charge in [-0.1, -0.05) is 36.4 Å². The first kappa shape index (κ1) is 27.6. The number of hydrogen-bond acceptors (Lipinski definition) is 7. The molecule has 2 aliphatic rings. The minimum absolute atomic E-state index is 0.182. The highest BCUT2D eigenvalue weighted by molar-refractivity contribution is 5.89. The third-order valence-corrected chi connectivity index (χ3v) is 6.90. The molecule has 1 fully saturated rings. The molecule has 0 bridgehead atoms. The Hall–Kier alpha value is -3.43. The Balaban J connectivity index is 1.30. The van der Waals surface area contributed by atoms with Crippen molar-refractivity contribution in [1.82, 2.24) is 9.80 Å². The van der Waals surface area contributed by atoms with Gasteiger partial charge in [-0.15, -0.1) is 0 Å². The van der Waals surface area contributed by atoms with Gasteiger partial charge >= 0.3 is 12.1 Å². The zero-order valence-corrected chi connectivity index (χ0v) is 22.3. The number of fused-ring (bicyclic) bond motifs is 1. The molecule has 0 N–H and O–H groups in total. The molecule has 0 spiro atoms. The van der Waals surface area contributed by atoms with Crippen molar-refractivity contribution >= 4 is 23.7 Å². The van der Waals surface area contributed by atoms with E-state index in [2.05, 4.69) is 11.0 Å². The van der Waals surface area contributed by atoms with Crippen LogP contribution in [0.25, 0.3) is 0 Å². The molecule has 0 aliphatic carbocycles. The number of likely N-dealkylation sites (tertiary alicyclic amines) is 1. The average molecular weight is 524 g/mol. The van der Waals surface area contributed by atoms with E-state index in [0.717, 1.165) is 24.1 Å². The second-order valence-corrected chi connectivity index (χ2v) is 9.68. The number of benzene rings is 2. The molecule has 2 amide bonds. The van der Waals surface area contributed by atoms with Crippen LogP contribution in [0.3, 0.4) is 0 Å². The summed E-state index contributed by atoms with van der Waals surface area (Å²) in [6.45, 7) is 7.17. The summed E-state index contributed by atoms with van der Waals surface area (Å²) in [7, 11) is 0. The Kier molecular flexibility index (Phi) is 9.73. The highest BCUT2D eigenvalue weighted by Crippen LogP contribution is 2.27. The average Bonchev–Trinajstić information content (AvgIpc) is 2.94. The Labute approximate surface area is 224 Å². The summed E-state index contributed by atoms with van der Waals surface area (Å²) in [6.07, 6.45) is 1.95. The lowest BCUT2D eigenvalue weighted by atomic mass is 9.99. The zero-order valence-electron chi connectivity index (χ0n) is 22.3. The van der Waals surface area contributed by atoms with Crippen LogP contribution < -0.4 is 5.06 Å². The van der Waals surface area contributed by atoms with Crippen LogP contribution in [0.5, 0.6) is 0 Å². The van der Waals surface area contributed by atoms with E-state index in [0.29, 0.717) is 57.7 Å². The van der Waals surface area contributed by atoms with Crippen molar-refractivity contribution in [2.24, 2.45) is 0 Å². The van der Waals surface area contributed by atoms with Crippen LogP contribution >= 0.6 is 0 Å². The number of ether oxygens (including phenoxy) is 2. The van der Waals surface area contributed by atoms with Crippen LogP contribution in [0.4, 0.5) is 10.5 Å². The molecular weight excluding hydrogens is 486 g/mol. The number of amides is 2. The number of nitrogens with zero attached hydrogens (tertiary/aromatic N) is 3. The number of hydroxylamine groups is 1. The topological polar surface area (TPSA) is 88.6 Å². The van der Waals surface area contributed by atoms with Gasteiger partial charge in [0, 0.05) is 39.6 Å². The van der Waals surface area contributed by atoms with Gasteiger partial charge in [-0.3, -0.25) is 19.3 Å².